The average Bonchev–Trinajstić information content (AvgIpc) is 2.63. The molecule has 5 nitrogen and oxygen atoms in total. The molecule has 0 radical (unpaired) electrons. The number of benzene rings is 2. The van der Waals surface area contributed by atoms with E-state index in [0.717, 1.165) is 5.56 Å². The van der Waals surface area contributed by atoms with Gasteiger partial charge < -0.3 is 4.74 Å². The topological polar surface area (TPSA) is 61.2 Å². The summed E-state index contributed by atoms with van der Waals surface area (Å²) in [6, 6.07) is 17.3. The number of ketones is 1. The smallest absolute Gasteiger partial charge is 0.267 e. The Kier molecular flexibility index (Phi) is 4.52. The first-order valence-electron chi connectivity index (χ1n) is 7.48. The molecule has 3 rings (SSSR count). The van der Waals surface area contributed by atoms with E-state index in [1.807, 2.05) is 18.2 Å². The summed E-state index contributed by atoms with van der Waals surface area (Å²) < 4.78 is 6.67. The summed E-state index contributed by atoms with van der Waals surface area (Å²) in [4.78, 5) is 24.4. The standard InChI is InChI=1S/C19H16N2O3/c1-24-17-10-9-15(19(23)14-6-3-2-4-7-14)12-16(17)13-21-18(22)8-5-11-20-21/h2-12H,13H2,1H3. The monoisotopic (exact) mass is 320 g/mol. The van der Waals surface area contributed by atoms with E-state index < -0.39 is 0 Å². The maximum absolute atomic E-state index is 12.6. The lowest BCUT2D eigenvalue weighted by molar-refractivity contribution is 0.103. The number of nitrogens with zero attached hydrogens (tertiary/aromatic N) is 2. The number of aromatic nitrogens is 2. The van der Waals surface area contributed by atoms with Crippen LogP contribution in [0.1, 0.15) is 21.5 Å². The summed E-state index contributed by atoms with van der Waals surface area (Å²) in [5, 5.41) is 4.05. The minimum Gasteiger partial charge on any atom is -0.496 e. The van der Waals surface area contributed by atoms with E-state index in [9.17, 15) is 9.59 Å². The molecule has 3 aromatic rings. The molecule has 24 heavy (non-hydrogen) atoms. The SMILES string of the molecule is COc1ccc(C(=O)c2ccccc2)cc1Cn1ncccc1=O. The summed E-state index contributed by atoms with van der Waals surface area (Å²) in [5.74, 6) is 0.532. The summed E-state index contributed by atoms with van der Waals surface area (Å²) in [7, 11) is 1.55. The van der Waals surface area contributed by atoms with Gasteiger partial charge in [-0.05, 0) is 24.3 Å². The normalized spacial score (nSPS) is 10.4. The molecule has 0 fully saturated rings. The van der Waals surface area contributed by atoms with Crippen molar-refractivity contribution in [1.29, 1.82) is 0 Å². The van der Waals surface area contributed by atoms with Crippen molar-refractivity contribution in [3.63, 3.8) is 0 Å². The highest BCUT2D eigenvalue weighted by atomic mass is 16.5. The second-order valence-electron chi connectivity index (χ2n) is 5.24. The number of hydrogen-bond donors (Lipinski definition) is 0. The van der Waals surface area contributed by atoms with Gasteiger partial charge in [-0.25, -0.2) is 4.68 Å². The number of methoxy groups -OCH3 is 1. The fourth-order valence-electron chi connectivity index (χ4n) is 2.47. The Hall–Kier alpha value is -3.21. The maximum Gasteiger partial charge on any atom is 0.267 e. The second kappa shape index (κ2) is 6.91. The molecular weight excluding hydrogens is 304 g/mol. The van der Waals surface area contributed by atoms with Gasteiger partial charge in [0.2, 0.25) is 0 Å². The Labute approximate surface area is 139 Å². The number of ether oxygens (including phenoxy) is 1. The Balaban J connectivity index is 1.98. The van der Waals surface area contributed by atoms with Crippen molar-refractivity contribution in [2.24, 2.45) is 0 Å². The lowest BCUT2D eigenvalue weighted by Crippen LogP contribution is -2.22. The van der Waals surface area contributed by atoms with Crippen LogP contribution in [0, 0.1) is 0 Å². The molecule has 1 aromatic heterocycles. The van der Waals surface area contributed by atoms with E-state index in [1.54, 1.807) is 49.7 Å². The first kappa shape index (κ1) is 15.7. The Morgan fingerprint density at radius 3 is 2.54 bits per heavy atom. The van der Waals surface area contributed by atoms with Crippen LogP contribution in [0.5, 0.6) is 5.75 Å². The first-order chi connectivity index (χ1) is 11.7. The van der Waals surface area contributed by atoms with Crippen molar-refractivity contribution in [2.75, 3.05) is 7.11 Å². The zero-order valence-corrected chi connectivity index (χ0v) is 13.2. The minimum atomic E-state index is -0.209. The predicted molar refractivity (Wildman–Crippen MR) is 90.5 cm³/mol. The number of carbonyl (C=O) groups excluding carboxylic acids is 1. The zero-order valence-electron chi connectivity index (χ0n) is 13.2. The van der Waals surface area contributed by atoms with Crippen LogP contribution in [0.15, 0.2) is 71.7 Å². The molecule has 0 saturated heterocycles. The molecule has 0 bridgehead atoms. The van der Waals surface area contributed by atoms with Gasteiger partial charge in [0.15, 0.2) is 5.78 Å². The van der Waals surface area contributed by atoms with Crippen LogP contribution in [0.4, 0.5) is 0 Å². The maximum atomic E-state index is 12.6. The third kappa shape index (κ3) is 3.25. The number of hydrogen-bond acceptors (Lipinski definition) is 4. The van der Waals surface area contributed by atoms with Gasteiger partial charge in [0.1, 0.15) is 5.75 Å². The van der Waals surface area contributed by atoms with Crippen LogP contribution in [-0.4, -0.2) is 22.7 Å². The molecule has 2 aromatic carbocycles. The van der Waals surface area contributed by atoms with Crippen molar-refractivity contribution < 1.29 is 9.53 Å². The molecule has 0 saturated carbocycles. The Bertz CT molecular complexity index is 917. The minimum absolute atomic E-state index is 0.0760. The molecule has 120 valence electrons. The molecule has 0 aliphatic rings. The van der Waals surface area contributed by atoms with Crippen LogP contribution in [0.2, 0.25) is 0 Å². The van der Waals surface area contributed by atoms with Crippen molar-refractivity contribution in [3.8, 4) is 5.75 Å². The van der Waals surface area contributed by atoms with Gasteiger partial charge in [-0.3, -0.25) is 9.59 Å². The van der Waals surface area contributed by atoms with E-state index in [4.69, 9.17) is 4.74 Å². The quantitative estimate of drug-likeness (QED) is 0.678. The second-order valence-corrected chi connectivity index (χ2v) is 5.24. The first-order valence-corrected chi connectivity index (χ1v) is 7.48. The summed E-state index contributed by atoms with van der Waals surface area (Å²) in [6.45, 7) is 0.235. The molecule has 0 N–H and O–H groups in total. The van der Waals surface area contributed by atoms with Crippen LogP contribution in [0.3, 0.4) is 0 Å². The predicted octanol–water partition coefficient (Wildman–Crippen LogP) is 2.53. The van der Waals surface area contributed by atoms with E-state index >= 15 is 0 Å². The van der Waals surface area contributed by atoms with Crippen molar-refractivity contribution in [1.82, 2.24) is 9.78 Å². The lowest BCUT2D eigenvalue weighted by atomic mass is 10.0. The van der Waals surface area contributed by atoms with Gasteiger partial charge in [-0.15, -0.1) is 0 Å². The van der Waals surface area contributed by atoms with Gasteiger partial charge in [0.25, 0.3) is 5.56 Å². The summed E-state index contributed by atoms with van der Waals surface area (Å²) in [6.07, 6.45) is 1.55. The van der Waals surface area contributed by atoms with Gasteiger partial charge >= 0.3 is 0 Å². The largest absolute Gasteiger partial charge is 0.496 e. The van der Waals surface area contributed by atoms with Gasteiger partial charge in [-0.1, -0.05) is 30.3 Å². The molecule has 0 aliphatic carbocycles. The molecule has 1 heterocycles. The summed E-state index contributed by atoms with van der Waals surface area (Å²) in [5.41, 5.74) is 1.67. The summed E-state index contributed by atoms with van der Waals surface area (Å²) >= 11 is 0. The molecule has 0 amide bonds. The van der Waals surface area contributed by atoms with Crippen LogP contribution >= 0.6 is 0 Å². The van der Waals surface area contributed by atoms with Gasteiger partial charge in [0, 0.05) is 29.0 Å². The molecule has 0 atom stereocenters. The fourth-order valence-corrected chi connectivity index (χ4v) is 2.47. The van der Waals surface area contributed by atoms with Gasteiger partial charge in [0.05, 0.1) is 13.7 Å². The van der Waals surface area contributed by atoms with E-state index in [1.165, 1.54) is 10.7 Å². The highest BCUT2D eigenvalue weighted by molar-refractivity contribution is 6.09. The molecular formula is C19H16N2O3. The number of rotatable bonds is 5. The van der Waals surface area contributed by atoms with E-state index in [2.05, 4.69) is 5.10 Å². The third-order valence-corrected chi connectivity index (χ3v) is 3.68. The van der Waals surface area contributed by atoms with Gasteiger partial charge in [-0.2, -0.15) is 5.10 Å². The highest BCUT2D eigenvalue weighted by Gasteiger charge is 2.13. The lowest BCUT2D eigenvalue weighted by Gasteiger charge is -2.11. The number of carbonyl (C=O) groups is 1. The van der Waals surface area contributed by atoms with E-state index in [0.29, 0.717) is 16.9 Å². The molecule has 5 heteroatoms. The van der Waals surface area contributed by atoms with Crippen LogP contribution in [-0.2, 0) is 6.54 Å². The zero-order chi connectivity index (χ0) is 16.9. The highest BCUT2D eigenvalue weighted by Crippen LogP contribution is 2.22. The van der Waals surface area contributed by atoms with E-state index in [-0.39, 0.29) is 17.9 Å². The molecule has 0 aliphatic heterocycles. The third-order valence-electron chi connectivity index (χ3n) is 3.68. The van der Waals surface area contributed by atoms with Crippen molar-refractivity contribution >= 4 is 5.78 Å². The Morgan fingerprint density at radius 1 is 1.04 bits per heavy atom. The molecule has 0 unspecified atom stereocenters. The molecule has 0 spiro atoms. The Morgan fingerprint density at radius 2 is 1.83 bits per heavy atom. The fraction of sp³-hybridized carbons (Fsp3) is 0.105. The van der Waals surface area contributed by atoms with Crippen molar-refractivity contribution in [3.05, 3.63) is 93.9 Å². The van der Waals surface area contributed by atoms with Crippen LogP contribution < -0.4 is 10.3 Å². The van der Waals surface area contributed by atoms with Crippen LogP contribution in [0.25, 0.3) is 0 Å². The van der Waals surface area contributed by atoms with Crippen molar-refractivity contribution in [2.45, 2.75) is 6.54 Å². The average molecular weight is 320 g/mol.